The second kappa shape index (κ2) is 7.72. The van der Waals surface area contributed by atoms with Crippen molar-refractivity contribution in [3.63, 3.8) is 0 Å². The first kappa shape index (κ1) is 16.9. The molecule has 0 aliphatic heterocycles. The van der Waals surface area contributed by atoms with Gasteiger partial charge in [0.15, 0.2) is 0 Å². The zero-order valence-corrected chi connectivity index (χ0v) is 14.8. The zero-order chi connectivity index (χ0) is 17.6. The Hall–Kier alpha value is -2.99. The quantitative estimate of drug-likeness (QED) is 0.560. The first-order valence-electron chi connectivity index (χ1n) is 7.75. The van der Waals surface area contributed by atoms with Gasteiger partial charge < -0.3 is 4.90 Å². The summed E-state index contributed by atoms with van der Waals surface area (Å²) in [5.41, 5.74) is 6.51. The molecule has 3 aromatic rings. The highest BCUT2D eigenvalue weighted by Gasteiger charge is 2.06. The SMILES string of the molecule is CN(C)C(=O)c1ccc(C=NNc2nc(-c3ccccc3)cs2)cc1. The standard InChI is InChI=1S/C19H18N4OS/c1-23(2)18(24)16-10-8-14(9-11-16)12-20-22-19-21-17(13-25-19)15-6-4-3-5-7-15/h3-13H,1-2H3,(H,21,22). The largest absolute Gasteiger partial charge is 0.345 e. The van der Waals surface area contributed by atoms with E-state index in [1.807, 2.05) is 47.8 Å². The number of hydrogen-bond donors (Lipinski definition) is 1. The summed E-state index contributed by atoms with van der Waals surface area (Å²) in [7, 11) is 3.47. The van der Waals surface area contributed by atoms with E-state index in [0.29, 0.717) is 5.56 Å². The number of thiazole rings is 1. The summed E-state index contributed by atoms with van der Waals surface area (Å²) in [4.78, 5) is 17.9. The summed E-state index contributed by atoms with van der Waals surface area (Å²) >= 11 is 1.50. The lowest BCUT2D eigenvalue weighted by atomic mass is 10.1. The normalized spacial score (nSPS) is 10.8. The number of benzene rings is 2. The van der Waals surface area contributed by atoms with Gasteiger partial charge in [-0.25, -0.2) is 4.98 Å². The highest BCUT2D eigenvalue weighted by atomic mass is 32.1. The minimum absolute atomic E-state index is 0.0159. The van der Waals surface area contributed by atoms with E-state index < -0.39 is 0 Å². The number of anilines is 1. The molecule has 2 aromatic carbocycles. The molecule has 0 aliphatic carbocycles. The molecule has 0 fully saturated rings. The Morgan fingerprint density at radius 1 is 1.12 bits per heavy atom. The summed E-state index contributed by atoms with van der Waals surface area (Å²) in [5, 5.41) is 6.93. The maximum atomic E-state index is 11.8. The van der Waals surface area contributed by atoms with Crippen molar-refractivity contribution in [3.05, 3.63) is 71.1 Å². The third kappa shape index (κ3) is 4.30. The van der Waals surface area contributed by atoms with Crippen molar-refractivity contribution in [1.82, 2.24) is 9.88 Å². The molecule has 5 nitrogen and oxygen atoms in total. The minimum Gasteiger partial charge on any atom is -0.345 e. The molecule has 0 atom stereocenters. The number of aromatic nitrogens is 1. The average molecular weight is 350 g/mol. The Morgan fingerprint density at radius 2 is 1.84 bits per heavy atom. The molecule has 0 bridgehead atoms. The number of amides is 1. The van der Waals surface area contributed by atoms with Crippen molar-refractivity contribution in [2.75, 3.05) is 19.5 Å². The number of hydrazone groups is 1. The van der Waals surface area contributed by atoms with Gasteiger partial charge in [0.2, 0.25) is 5.13 Å². The van der Waals surface area contributed by atoms with Crippen LogP contribution < -0.4 is 5.43 Å². The van der Waals surface area contributed by atoms with Gasteiger partial charge in [0, 0.05) is 30.6 Å². The molecule has 1 heterocycles. The van der Waals surface area contributed by atoms with Crippen molar-refractivity contribution in [2.24, 2.45) is 5.10 Å². The molecule has 6 heteroatoms. The number of hydrogen-bond acceptors (Lipinski definition) is 5. The third-order valence-electron chi connectivity index (χ3n) is 3.51. The van der Waals surface area contributed by atoms with E-state index in [1.165, 1.54) is 11.3 Å². The van der Waals surface area contributed by atoms with Gasteiger partial charge in [0.1, 0.15) is 0 Å². The van der Waals surface area contributed by atoms with Gasteiger partial charge in [0.25, 0.3) is 5.91 Å². The topological polar surface area (TPSA) is 57.6 Å². The number of carbonyl (C=O) groups is 1. The Bertz CT molecular complexity index is 870. The molecule has 1 aromatic heterocycles. The lowest BCUT2D eigenvalue weighted by Crippen LogP contribution is -2.21. The summed E-state index contributed by atoms with van der Waals surface area (Å²) < 4.78 is 0. The second-order valence-electron chi connectivity index (χ2n) is 5.60. The maximum absolute atomic E-state index is 11.8. The Labute approximate surface area is 150 Å². The third-order valence-corrected chi connectivity index (χ3v) is 4.26. The average Bonchev–Trinajstić information content (AvgIpc) is 3.11. The van der Waals surface area contributed by atoms with E-state index in [0.717, 1.165) is 22.0 Å². The summed E-state index contributed by atoms with van der Waals surface area (Å²) in [5.74, 6) is -0.0159. The molecule has 25 heavy (non-hydrogen) atoms. The number of rotatable bonds is 5. The predicted octanol–water partition coefficient (Wildman–Crippen LogP) is 3.96. The molecule has 126 valence electrons. The molecule has 0 saturated heterocycles. The van der Waals surface area contributed by atoms with E-state index >= 15 is 0 Å². The van der Waals surface area contributed by atoms with Crippen LogP contribution in [0.25, 0.3) is 11.3 Å². The van der Waals surface area contributed by atoms with Crippen LogP contribution in [0, 0.1) is 0 Å². The molecule has 1 N–H and O–H groups in total. The predicted molar refractivity (Wildman–Crippen MR) is 103 cm³/mol. The molecule has 0 unspecified atom stereocenters. The highest BCUT2D eigenvalue weighted by molar-refractivity contribution is 7.14. The molecular formula is C19H18N4OS. The van der Waals surface area contributed by atoms with E-state index in [-0.39, 0.29) is 5.91 Å². The van der Waals surface area contributed by atoms with E-state index in [9.17, 15) is 4.79 Å². The molecule has 0 saturated carbocycles. The van der Waals surface area contributed by atoms with E-state index in [1.54, 1.807) is 37.3 Å². The van der Waals surface area contributed by atoms with E-state index in [4.69, 9.17) is 0 Å². The number of carbonyl (C=O) groups excluding carboxylic acids is 1. The number of nitrogens with one attached hydrogen (secondary N) is 1. The lowest BCUT2D eigenvalue weighted by Gasteiger charge is -2.09. The fourth-order valence-electron chi connectivity index (χ4n) is 2.20. The molecule has 0 radical (unpaired) electrons. The first-order valence-corrected chi connectivity index (χ1v) is 8.63. The molecule has 0 aliphatic rings. The zero-order valence-electron chi connectivity index (χ0n) is 14.0. The molecule has 3 rings (SSSR count). The van der Waals surface area contributed by atoms with Crippen LogP contribution in [-0.4, -0.2) is 36.1 Å². The van der Waals surface area contributed by atoms with E-state index in [2.05, 4.69) is 15.5 Å². The summed E-state index contributed by atoms with van der Waals surface area (Å²) in [6.45, 7) is 0. The van der Waals surface area contributed by atoms with Crippen LogP contribution in [-0.2, 0) is 0 Å². The molecule has 0 spiro atoms. The fourth-order valence-corrected chi connectivity index (χ4v) is 2.87. The number of nitrogens with zero attached hydrogens (tertiary/aromatic N) is 3. The summed E-state index contributed by atoms with van der Waals surface area (Å²) in [6.07, 6.45) is 1.70. The van der Waals surface area contributed by atoms with Crippen LogP contribution in [0.1, 0.15) is 15.9 Å². The highest BCUT2D eigenvalue weighted by Crippen LogP contribution is 2.24. The van der Waals surface area contributed by atoms with Crippen LogP contribution in [0.5, 0.6) is 0 Å². The molecule has 1 amide bonds. The van der Waals surface area contributed by atoms with Gasteiger partial charge in [0.05, 0.1) is 11.9 Å². The molecular weight excluding hydrogens is 332 g/mol. The Balaban J connectivity index is 1.62. The first-order chi connectivity index (χ1) is 12.1. The van der Waals surface area contributed by atoms with Crippen LogP contribution in [0.4, 0.5) is 5.13 Å². The summed E-state index contributed by atoms with van der Waals surface area (Å²) in [6, 6.07) is 17.3. The van der Waals surface area contributed by atoms with Crippen LogP contribution in [0.2, 0.25) is 0 Å². The lowest BCUT2D eigenvalue weighted by molar-refractivity contribution is 0.0827. The van der Waals surface area contributed by atoms with Gasteiger partial charge >= 0.3 is 0 Å². The van der Waals surface area contributed by atoms with Crippen molar-refractivity contribution in [2.45, 2.75) is 0 Å². The second-order valence-corrected chi connectivity index (χ2v) is 6.45. The fraction of sp³-hybridized carbons (Fsp3) is 0.105. The van der Waals surface area contributed by atoms with Gasteiger partial charge in [-0.2, -0.15) is 5.10 Å². The Kier molecular flexibility index (Phi) is 5.20. The van der Waals surface area contributed by atoms with Crippen LogP contribution in [0.15, 0.2) is 65.1 Å². The minimum atomic E-state index is -0.0159. The monoisotopic (exact) mass is 350 g/mol. The van der Waals surface area contributed by atoms with Crippen molar-refractivity contribution in [3.8, 4) is 11.3 Å². The van der Waals surface area contributed by atoms with Gasteiger partial charge in [-0.05, 0) is 17.7 Å². The van der Waals surface area contributed by atoms with Crippen molar-refractivity contribution >= 4 is 28.6 Å². The van der Waals surface area contributed by atoms with Gasteiger partial charge in [-0.1, -0.05) is 42.5 Å². The van der Waals surface area contributed by atoms with Crippen molar-refractivity contribution < 1.29 is 4.79 Å². The van der Waals surface area contributed by atoms with Crippen LogP contribution >= 0.6 is 11.3 Å². The van der Waals surface area contributed by atoms with Gasteiger partial charge in [-0.15, -0.1) is 11.3 Å². The Morgan fingerprint density at radius 3 is 2.52 bits per heavy atom. The maximum Gasteiger partial charge on any atom is 0.253 e. The smallest absolute Gasteiger partial charge is 0.253 e. The van der Waals surface area contributed by atoms with Gasteiger partial charge in [-0.3, -0.25) is 10.2 Å². The van der Waals surface area contributed by atoms with Crippen molar-refractivity contribution in [1.29, 1.82) is 0 Å². The van der Waals surface area contributed by atoms with Crippen LogP contribution in [0.3, 0.4) is 0 Å².